The van der Waals surface area contributed by atoms with Crippen LogP contribution >= 0.6 is 11.8 Å². The van der Waals surface area contributed by atoms with Gasteiger partial charge in [-0.3, -0.25) is 9.78 Å². The number of pyridine rings is 1. The molecule has 1 N–H and O–H groups in total. The van der Waals surface area contributed by atoms with Gasteiger partial charge >= 0.3 is 0 Å². The summed E-state index contributed by atoms with van der Waals surface area (Å²) in [4.78, 5) is 19.9. The lowest BCUT2D eigenvalue weighted by Crippen LogP contribution is -2.49. The molecule has 1 aromatic heterocycles. The van der Waals surface area contributed by atoms with Gasteiger partial charge in [-0.25, -0.2) is 0 Å². The quantitative estimate of drug-likeness (QED) is 0.845. The first-order valence-electron chi connectivity index (χ1n) is 7.95. The van der Waals surface area contributed by atoms with Crippen LogP contribution in [0.5, 0.6) is 5.75 Å². The van der Waals surface area contributed by atoms with Crippen LogP contribution in [0, 0.1) is 0 Å². The average molecular weight is 343 g/mol. The van der Waals surface area contributed by atoms with Crippen molar-refractivity contribution >= 4 is 17.7 Å². The van der Waals surface area contributed by atoms with Gasteiger partial charge in [-0.15, -0.1) is 11.8 Å². The molecule has 1 unspecified atom stereocenters. The highest BCUT2D eigenvalue weighted by Crippen LogP contribution is 2.25. The molecule has 2 heterocycles. The van der Waals surface area contributed by atoms with Crippen LogP contribution in [0.25, 0.3) is 0 Å². The second-order valence-electron chi connectivity index (χ2n) is 5.56. The van der Waals surface area contributed by atoms with Gasteiger partial charge in [0.1, 0.15) is 5.75 Å². The summed E-state index contributed by atoms with van der Waals surface area (Å²) in [6.45, 7) is 2.32. The van der Waals surface area contributed by atoms with Gasteiger partial charge in [0.15, 0.2) is 0 Å². The smallest absolute Gasteiger partial charge is 0.233 e. The Hall–Kier alpha value is -2.05. The summed E-state index contributed by atoms with van der Waals surface area (Å²) in [5.74, 6) is 1.42. The van der Waals surface area contributed by atoms with Crippen molar-refractivity contribution < 1.29 is 9.53 Å². The third-order valence-electron chi connectivity index (χ3n) is 4.05. The van der Waals surface area contributed by atoms with Gasteiger partial charge in [0.05, 0.1) is 18.9 Å². The Morgan fingerprint density at radius 2 is 2.21 bits per heavy atom. The molecule has 1 aromatic carbocycles. The minimum absolute atomic E-state index is 0.0522. The van der Waals surface area contributed by atoms with Gasteiger partial charge in [0.2, 0.25) is 5.91 Å². The normalized spacial score (nSPS) is 17.5. The highest BCUT2D eigenvalue weighted by molar-refractivity contribution is 8.00. The number of hydrogen-bond donors (Lipinski definition) is 1. The molecule has 5 nitrogen and oxygen atoms in total. The third kappa shape index (κ3) is 4.07. The van der Waals surface area contributed by atoms with Crippen LogP contribution in [0.1, 0.15) is 11.6 Å². The number of methoxy groups -OCH3 is 1. The van der Waals surface area contributed by atoms with Crippen LogP contribution in [0.3, 0.4) is 0 Å². The van der Waals surface area contributed by atoms with E-state index in [9.17, 15) is 4.79 Å². The Labute approximate surface area is 146 Å². The fourth-order valence-corrected chi connectivity index (χ4v) is 3.56. The summed E-state index contributed by atoms with van der Waals surface area (Å²) in [7, 11) is 1.65. The van der Waals surface area contributed by atoms with Gasteiger partial charge in [-0.1, -0.05) is 6.07 Å². The number of rotatable bonds is 5. The largest absolute Gasteiger partial charge is 0.497 e. The molecule has 0 saturated carbocycles. The number of hydrogen-bond acceptors (Lipinski definition) is 5. The van der Waals surface area contributed by atoms with E-state index in [-0.39, 0.29) is 11.9 Å². The molecular formula is C18H21N3O2S. The predicted molar refractivity (Wildman–Crippen MR) is 95.3 cm³/mol. The van der Waals surface area contributed by atoms with Crippen LogP contribution in [0.4, 0.5) is 0 Å². The van der Waals surface area contributed by atoms with Crippen LogP contribution in [0.2, 0.25) is 0 Å². The molecule has 1 fully saturated rings. The standard InChI is InChI=1S/C18H21N3O2S/c1-23-15-4-6-16(7-5-15)24-13-18(22)21-10-9-20-12-17(21)14-3-2-8-19-11-14/h2-8,11,17,20H,9-10,12-13H2,1H3. The SMILES string of the molecule is COc1ccc(SCC(=O)N2CCNCC2c2cccnc2)cc1. The molecule has 1 amide bonds. The molecule has 0 radical (unpaired) electrons. The van der Waals surface area contributed by atoms with Gasteiger partial charge in [-0.05, 0) is 35.9 Å². The average Bonchev–Trinajstić information content (AvgIpc) is 2.67. The van der Waals surface area contributed by atoms with E-state index in [2.05, 4.69) is 10.3 Å². The second kappa shape index (κ2) is 8.17. The minimum Gasteiger partial charge on any atom is -0.497 e. The Morgan fingerprint density at radius 1 is 1.38 bits per heavy atom. The number of aromatic nitrogens is 1. The van der Waals surface area contributed by atoms with Crippen molar-refractivity contribution in [2.24, 2.45) is 0 Å². The molecule has 0 aliphatic carbocycles. The highest BCUT2D eigenvalue weighted by atomic mass is 32.2. The lowest BCUT2D eigenvalue weighted by Gasteiger charge is -2.36. The lowest BCUT2D eigenvalue weighted by molar-refractivity contribution is -0.131. The van der Waals surface area contributed by atoms with Crippen LogP contribution in [-0.2, 0) is 4.79 Å². The Morgan fingerprint density at radius 3 is 2.92 bits per heavy atom. The number of benzene rings is 1. The van der Waals surface area contributed by atoms with Gasteiger partial charge in [0.25, 0.3) is 0 Å². The lowest BCUT2D eigenvalue weighted by atomic mass is 10.1. The zero-order chi connectivity index (χ0) is 16.8. The maximum absolute atomic E-state index is 12.7. The number of ether oxygens (including phenoxy) is 1. The maximum Gasteiger partial charge on any atom is 0.233 e. The molecule has 3 rings (SSSR count). The summed E-state index contributed by atoms with van der Waals surface area (Å²) in [5.41, 5.74) is 1.08. The number of piperazine rings is 1. The van der Waals surface area contributed by atoms with Crippen molar-refractivity contribution in [2.75, 3.05) is 32.5 Å². The van der Waals surface area contributed by atoms with Crippen molar-refractivity contribution in [2.45, 2.75) is 10.9 Å². The Balaban J connectivity index is 1.63. The van der Waals surface area contributed by atoms with Gasteiger partial charge < -0.3 is 15.0 Å². The first-order chi connectivity index (χ1) is 11.8. The van der Waals surface area contributed by atoms with Crippen molar-refractivity contribution in [1.82, 2.24) is 15.2 Å². The number of carbonyl (C=O) groups is 1. The van der Waals surface area contributed by atoms with Crippen LogP contribution < -0.4 is 10.1 Å². The third-order valence-corrected chi connectivity index (χ3v) is 5.05. The number of amides is 1. The van der Waals surface area contributed by atoms with E-state index in [0.717, 1.165) is 35.8 Å². The summed E-state index contributed by atoms with van der Waals surface area (Å²) in [6.07, 6.45) is 3.60. The molecule has 0 spiro atoms. The molecular weight excluding hydrogens is 322 g/mol. The number of nitrogens with one attached hydrogen (secondary N) is 1. The number of carbonyl (C=O) groups excluding carboxylic acids is 1. The zero-order valence-corrected chi connectivity index (χ0v) is 14.5. The van der Waals surface area contributed by atoms with E-state index < -0.39 is 0 Å². The van der Waals surface area contributed by atoms with Crippen molar-refractivity contribution in [1.29, 1.82) is 0 Å². The summed E-state index contributed by atoms with van der Waals surface area (Å²) in [6, 6.07) is 11.8. The van der Waals surface area contributed by atoms with Gasteiger partial charge in [0, 0.05) is 36.9 Å². The van der Waals surface area contributed by atoms with Gasteiger partial charge in [-0.2, -0.15) is 0 Å². The zero-order valence-electron chi connectivity index (χ0n) is 13.6. The van der Waals surface area contributed by atoms with Crippen molar-refractivity contribution in [3.05, 3.63) is 54.4 Å². The van der Waals surface area contributed by atoms with E-state index in [4.69, 9.17) is 4.74 Å². The second-order valence-corrected chi connectivity index (χ2v) is 6.61. The molecule has 2 aromatic rings. The molecule has 0 bridgehead atoms. The fraction of sp³-hybridized carbons (Fsp3) is 0.333. The molecule has 1 aliphatic heterocycles. The molecule has 1 atom stereocenters. The molecule has 6 heteroatoms. The predicted octanol–water partition coefficient (Wildman–Crippen LogP) is 2.36. The maximum atomic E-state index is 12.7. The first-order valence-corrected chi connectivity index (χ1v) is 8.93. The van der Waals surface area contributed by atoms with Crippen LogP contribution in [0.15, 0.2) is 53.7 Å². The Kier molecular flexibility index (Phi) is 5.72. The monoisotopic (exact) mass is 343 g/mol. The van der Waals surface area contributed by atoms with Crippen molar-refractivity contribution in [3.8, 4) is 5.75 Å². The summed E-state index contributed by atoms with van der Waals surface area (Å²) < 4.78 is 5.16. The Bertz CT molecular complexity index is 664. The topological polar surface area (TPSA) is 54.5 Å². The first kappa shape index (κ1) is 16.8. The summed E-state index contributed by atoms with van der Waals surface area (Å²) in [5, 5.41) is 3.36. The van der Waals surface area contributed by atoms with E-state index >= 15 is 0 Å². The number of nitrogens with zero attached hydrogens (tertiary/aromatic N) is 2. The minimum atomic E-state index is 0.0522. The fourth-order valence-electron chi connectivity index (χ4n) is 2.77. The van der Waals surface area contributed by atoms with E-state index in [1.54, 1.807) is 25.1 Å². The highest BCUT2D eigenvalue weighted by Gasteiger charge is 2.27. The molecule has 126 valence electrons. The van der Waals surface area contributed by atoms with E-state index in [1.807, 2.05) is 47.5 Å². The van der Waals surface area contributed by atoms with Crippen molar-refractivity contribution in [3.63, 3.8) is 0 Å². The van der Waals surface area contributed by atoms with Crippen LogP contribution in [-0.4, -0.2) is 48.3 Å². The summed E-state index contributed by atoms with van der Waals surface area (Å²) >= 11 is 1.56. The van der Waals surface area contributed by atoms with E-state index in [0.29, 0.717) is 5.75 Å². The van der Waals surface area contributed by atoms with E-state index in [1.165, 1.54) is 0 Å². The molecule has 24 heavy (non-hydrogen) atoms. The molecule has 1 aliphatic rings. The molecule has 1 saturated heterocycles. The number of thioether (sulfide) groups is 1.